The third-order valence-corrected chi connectivity index (χ3v) is 7.39. The number of hydrogen-bond acceptors (Lipinski definition) is 7. The highest BCUT2D eigenvalue weighted by molar-refractivity contribution is 7.90. The van der Waals surface area contributed by atoms with E-state index in [0.717, 1.165) is 58.6 Å². The van der Waals surface area contributed by atoms with E-state index in [1.165, 1.54) is 6.26 Å². The first-order valence-electron chi connectivity index (χ1n) is 11.9. The molecule has 0 aliphatic heterocycles. The van der Waals surface area contributed by atoms with Crippen LogP contribution in [0.4, 0.5) is 0 Å². The lowest BCUT2D eigenvalue weighted by Crippen LogP contribution is -2.38. The van der Waals surface area contributed by atoms with E-state index in [1.807, 2.05) is 36.7 Å². The van der Waals surface area contributed by atoms with E-state index in [-0.39, 0.29) is 10.9 Å². The Hall–Kier alpha value is -2.89. The van der Waals surface area contributed by atoms with Gasteiger partial charge in [0.1, 0.15) is 9.84 Å². The molecule has 0 radical (unpaired) electrons. The van der Waals surface area contributed by atoms with E-state index >= 15 is 0 Å². The van der Waals surface area contributed by atoms with Crippen molar-refractivity contribution in [3.05, 3.63) is 47.4 Å². The Bertz CT molecular complexity index is 1360. The molecule has 194 valence electrons. The van der Waals surface area contributed by atoms with Crippen molar-refractivity contribution >= 4 is 44.3 Å². The first kappa shape index (κ1) is 27.7. The van der Waals surface area contributed by atoms with Gasteiger partial charge in [-0.15, -0.1) is 0 Å². The van der Waals surface area contributed by atoms with Gasteiger partial charge in [0.05, 0.1) is 47.9 Å². The molecule has 0 bridgehead atoms. The number of aromatic nitrogens is 3. The van der Waals surface area contributed by atoms with Crippen molar-refractivity contribution in [1.82, 2.24) is 24.4 Å². The quantitative estimate of drug-likeness (QED) is 0.229. The van der Waals surface area contributed by atoms with Crippen LogP contribution in [0.1, 0.15) is 30.5 Å². The van der Waals surface area contributed by atoms with Gasteiger partial charge in [0, 0.05) is 30.8 Å². The van der Waals surface area contributed by atoms with Crippen LogP contribution in [0.3, 0.4) is 0 Å². The fourth-order valence-electron chi connectivity index (χ4n) is 3.99. The number of hydrazone groups is 1. The number of fused-ring (bicyclic) bond motifs is 1. The molecular weight excluding hydrogens is 494 g/mol. The molecule has 0 unspecified atom stereocenters. The van der Waals surface area contributed by atoms with Crippen molar-refractivity contribution in [2.75, 3.05) is 38.2 Å². The predicted octanol–water partition coefficient (Wildman–Crippen LogP) is 2.75. The minimum atomic E-state index is -3.08. The zero-order valence-electron chi connectivity index (χ0n) is 21.6. The molecule has 0 aliphatic rings. The number of nitrogens with two attached hydrogens (primary N) is 1. The second-order valence-corrected chi connectivity index (χ2v) is 11.6. The fraction of sp³-hybridized carbons (Fsp3) is 0.440. The molecule has 0 aliphatic carbocycles. The summed E-state index contributed by atoms with van der Waals surface area (Å²) in [6.45, 7) is 9.44. The molecule has 3 rings (SSSR count). The highest BCUT2D eigenvalue weighted by atomic mass is 32.2. The number of aryl methyl sites for hydroxylation is 3. The summed E-state index contributed by atoms with van der Waals surface area (Å²) < 4.78 is 25.5. The number of likely N-dealkylation sites (N-methyl/N-ethyl adjacent to an activating group) is 1. The Labute approximate surface area is 218 Å². The minimum absolute atomic E-state index is 0.0872. The SMILES string of the molecule is CCN(CC)CCN(N=Cc1cc(-c2cncn2C)nc2cc(C)c(CCS(C)(=O)=O)cc12)C(N)=S. The molecule has 2 heterocycles. The van der Waals surface area contributed by atoms with E-state index in [2.05, 4.69) is 28.8 Å². The predicted molar refractivity (Wildman–Crippen MR) is 151 cm³/mol. The topological polar surface area (TPSA) is 110 Å². The van der Waals surface area contributed by atoms with Crippen LogP contribution in [-0.4, -0.2) is 82.4 Å². The first-order chi connectivity index (χ1) is 17.0. The van der Waals surface area contributed by atoms with E-state index in [9.17, 15) is 8.42 Å². The lowest BCUT2D eigenvalue weighted by atomic mass is 9.99. The van der Waals surface area contributed by atoms with Crippen LogP contribution >= 0.6 is 12.2 Å². The molecule has 0 amide bonds. The number of thiocarbonyl (C=S) groups is 1. The third kappa shape index (κ3) is 7.08. The monoisotopic (exact) mass is 529 g/mol. The normalized spacial score (nSPS) is 12.2. The van der Waals surface area contributed by atoms with Gasteiger partial charge in [-0.2, -0.15) is 5.10 Å². The second kappa shape index (κ2) is 11.9. The molecule has 3 aromatic rings. The van der Waals surface area contributed by atoms with Gasteiger partial charge in [0.15, 0.2) is 5.11 Å². The number of rotatable bonds is 11. The maximum Gasteiger partial charge on any atom is 0.187 e. The summed E-state index contributed by atoms with van der Waals surface area (Å²) in [5.74, 6) is 0.0872. The standard InChI is InChI=1S/C25H35N7O2S2/c1-6-31(7-2)9-10-32(25(26)35)28-15-20-14-23(24-16-27-17-30(24)4)29-22-12-18(3)19(13-21(20)22)8-11-36(5,33)34/h12-17H,6-11H2,1-5H3,(H2,26,35). The number of benzene rings is 1. The molecule has 36 heavy (non-hydrogen) atoms. The number of pyridine rings is 1. The Kier molecular flexibility index (Phi) is 9.15. The zero-order valence-corrected chi connectivity index (χ0v) is 23.2. The molecule has 2 N–H and O–H groups in total. The van der Waals surface area contributed by atoms with Gasteiger partial charge in [-0.25, -0.2) is 23.4 Å². The van der Waals surface area contributed by atoms with E-state index < -0.39 is 9.84 Å². The molecule has 0 fully saturated rings. The molecule has 9 nitrogen and oxygen atoms in total. The van der Waals surface area contributed by atoms with Crippen LogP contribution in [-0.2, 0) is 23.3 Å². The molecule has 0 saturated carbocycles. The van der Waals surface area contributed by atoms with Gasteiger partial charge < -0.3 is 15.2 Å². The molecular formula is C25H35N7O2S2. The summed E-state index contributed by atoms with van der Waals surface area (Å²) >= 11 is 5.26. The van der Waals surface area contributed by atoms with Crippen LogP contribution in [0.2, 0.25) is 0 Å². The summed E-state index contributed by atoms with van der Waals surface area (Å²) in [6, 6.07) is 5.97. The molecule has 0 saturated heterocycles. The number of sulfone groups is 1. The average molecular weight is 530 g/mol. The van der Waals surface area contributed by atoms with Gasteiger partial charge in [-0.1, -0.05) is 13.8 Å². The minimum Gasteiger partial charge on any atom is -0.375 e. The van der Waals surface area contributed by atoms with Gasteiger partial charge in [0.25, 0.3) is 0 Å². The van der Waals surface area contributed by atoms with E-state index in [0.29, 0.717) is 13.0 Å². The highest BCUT2D eigenvalue weighted by Gasteiger charge is 2.14. The zero-order chi connectivity index (χ0) is 26.5. The number of imidazole rings is 1. The lowest BCUT2D eigenvalue weighted by Gasteiger charge is -2.23. The van der Waals surface area contributed by atoms with Crippen molar-refractivity contribution in [3.63, 3.8) is 0 Å². The van der Waals surface area contributed by atoms with E-state index in [1.54, 1.807) is 23.7 Å². The fourth-order valence-corrected chi connectivity index (χ4v) is 4.72. The van der Waals surface area contributed by atoms with Crippen LogP contribution in [0.5, 0.6) is 0 Å². The van der Waals surface area contributed by atoms with Crippen molar-refractivity contribution in [2.45, 2.75) is 27.2 Å². The summed E-state index contributed by atoms with van der Waals surface area (Å²) in [4.78, 5) is 11.4. The summed E-state index contributed by atoms with van der Waals surface area (Å²) in [5.41, 5.74) is 11.2. The maximum absolute atomic E-state index is 11.8. The Morgan fingerprint density at radius 2 is 1.94 bits per heavy atom. The van der Waals surface area contributed by atoms with Gasteiger partial charge in [-0.05, 0) is 68.0 Å². The smallest absolute Gasteiger partial charge is 0.187 e. The molecule has 11 heteroatoms. The molecule has 0 atom stereocenters. The summed E-state index contributed by atoms with van der Waals surface area (Å²) in [7, 11) is -1.16. The van der Waals surface area contributed by atoms with Crippen LogP contribution in [0, 0.1) is 6.92 Å². The van der Waals surface area contributed by atoms with Crippen molar-refractivity contribution in [1.29, 1.82) is 0 Å². The maximum atomic E-state index is 11.8. The van der Waals surface area contributed by atoms with E-state index in [4.69, 9.17) is 22.9 Å². The van der Waals surface area contributed by atoms with Crippen LogP contribution in [0.25, 0.3) is 22.3 Å². The van der Waals surface area contributed by atoms with Gasteiger partial charge in [0.2, 0.25) is 0 Å². The number of hydrogen-bond donors (Lipinski definition) is 1. The van der Waals surface area contributed by atoms with Crippen molar-refractivity contribution in [2.24, 2.45) is 17.9 Å². The number of nitrogens with zero attached hydrogens (tertiary/aromatic N) is 6. The Balaban J connectivity index is 2.08. The lowest BCUT2D eigenvalue weighted by molar-refractivity contribution is 0.271. The Morgan fingerprint density at radius 3 is 2.53 bits per heavy atom. The van der Waals surface area contributed by atoms with Gasteiger partial charge in [-0.3, -0.25) is 0 Å². The summed E-state index contributed by atoms with van der Waals surface area (Å²) in [6.07, 6.45) is 6.94. The molecule has 0 spiro atoms. The van der Waals surface area contributed by atoms with Crippen LogP contribution in [0.15, 0.2) is 35.8 Å². The second-order valence-electron chi connectivity index (χ2n) is 8.90. The Morgan fingerprint density at radius 1 is 1.22 bits per heavy atom. The largest absolute Gasteiger partial charge is 0.375 e. The van der Waals surface area contributed by atoms with Gasteiger partial charge >= 0.3 is 0 Å². The molecule has 1 aromatic carbocycles. The van der Waals surface area contributed by atoms with Crippen LogP contribution < -0.4 is 5.73 Å². The third-order valence-electron chi connectivity index (χ3n) is 6.23. The van der Waals surface area contributed by atoms with Crippen molar-refractivity contribution < 1.29 is 8.42 Å². The molecule has 2 aromatic heterocycles. The highest BCUT2D eigenvalue weighted by Crippen LogP contribution is 2.27. The first-order valence-corrected chi connectivity index (χ1v) is 14.4. The van der Waals surface area contributed by atoms with Crippen molar-refractivity contribution in [3.8, 4) is 11.4 Å². The average Bonchev–Trinajstić information content (AvgIpc) is 3.24. The summed E-state index contributed by atoms with van der Waals surface area (Å²) in [5, 5.41) is 7.35.